The predicted molar refractivity (Wildman–Crippen MR) is 106 cm³/mol. The second-order valence-electron chi connectivity index (χ2n) is 6.29. The molecule has 0 spiro atoms. The van der Waals surface area contributed by atoms with Gasteiger partial charge in [-0.25, -0.2) is 0 Å². The number of hydrogen-bond acceptors (Lipinski definition) is 2. The Kier molecular flexibility index (Phi) is 6.05. The fourth-order valence-electron chi connectivity index (χ4n) is 2.68. The first-order valence-corrected chi connectivity index (χ1v) is 8.85. The molecule has 26 heavy (non-hydrogen) atoms. The average Bonchev–Trinajstić information content (AvgIpc) is 2.67. The molecule has 3 rings (SSSR count). The molecular formula is C23H23NO2. The van der Waals surface area contributed by atoms with Gasteiger partial charge in [-0.1, -0.05) is 54.1 Å². The highest BCUT2D eigenvalue weighted by Gasteiger charge is 2.06. The summed E-state index contributed by atoms with van der Waals surface area (Å²) in [5.74, 6) is 0.644. The van der Waals surface area contributed by atoms with Crippen molar-refractivity contribution in [1.29, 1.82) is 0 Å². The van der Waals surface area contributed by atoms with Crippen LogP contribution in [0.25, 0.3) is 0 Å². The van der Waals surface area contributed by atoms with E-state index in [1.807, 2.05) is 61.5 Å². The fraction of sp³-hybridized carbons (Fsp3) is 0.174. The Balaban J connectivity index is 1.51. The molecule has 0 fully saturated rings. The summed E-state index contributed by atoms with van der Waals surface area (Å²) in [4.78, 5) is 12.3. The summed E-state index contributed by atoms with van der Waals surface area (Å²) in [6, 6.07) is 25.4. The molecule has 0 aromatic heterocycles. The number of anilines is 1. The Morgan fingerprint density at radius 1 is 0.923 bits per heavy atom. The van der Waals surface area contributed by atoms with Gasteiger partial charge in [0.1, 0.15) is 5.75 Å². The summed E-state index contributed by atoms with van der Waals surface area (Å²) in [6.07, 6.45) is 1.94. The Morgan fingerprint density at radius 3 is 2.46 bits per heavy atom. The quantitative estimate of drug-likeness (QED) is 0.593. The van der Waals surface area contributed by atoms with Crippen molar-refractivity contribution in [1.82, 2.24) is 0 Å². The van der Waals surface area contributed by atoms with Gasteiger partial charge in [0.15, 0.2) is 0 Å². The maximum atomic E-state index is 12.3. The molecule has 132 valence electrons. The monoisotopic (exact) mass is 345 g/mol. The lowest BCUT2D eigenvalue weighted by atomic mass is 10.1. The van der Waals surface area contributed by atoms with Crippen molar-refractivity contribution in [2.75, 3.05) is 11.9 Å². The number of hydrogen-bond donors (Lipinski definition) is 1. The Bertz CT molecular complexity index is 842. The van der Waals surface area contributed by atoms with Gasteiger partial charge in [0.25, 0.3) is 5.91 Å². The summed E-state index contributed by atoms with van der Waals surface area (Å²) in [5.41, 5.74) is 3.82. The van der Waals surface area contributed by atoms with Gasteiger partial charge in [0.2, 0.25) is 0 Å². The number of amides is 1. The van der Waals surface area contributed by atoms with Crippen LogP contribution < -0.4 is 10.1 Å². The molecule has 3 aromatic rings. The highest BCUT2D eigenvalue weighted by Crippen LogP contribution is 2.19. The highest BCUT2D eigenvalue weighted by molar-refractivity contribution is 6.04. The molecule has 0 aliphatic rings. The standard InChI is InChI=1S/C23H23NO2/c1-18-12-14-20(15-13-18)23(25)24-21-10-5-11-22(17-21)26-16-6-9-19-7-3-2-4-8-19/h2-5,7-8,10-15,17H,6,9,16H2,1H3,(H,24,25). The highest BCUT2D eigenvalue weighted by atomic mass is 16.5. The van der Waals surface area contributed by atoms with Crippen LogP contribution in [0.1, 0.15) is 27.9 Å². The van der Waals surface area contributed by atoms with Gasteiger partial charge < -0.3 is 10.1 Å². The van der Waals surface area contributed by atoms with Crippen molar-refractivity contribution in [3.63, 3.8) is 0 Å². The summed E-state index contributed by atoms with van der Waals surface area (Å²) in [6.45, 7) is 2.64. The van der Waals surface area contributed by atoms with Crippen LogP contribution >= 0.6 is 0 Å². The third-order valence-corrected chi connectivity index (χ3v) is 4.13. The van der Waals surface area contributed by atoms with Gasteiger partial charge in [0.05, 0.1) is 6.61 Å². The molecule has 3 nitrogen and oxygen atoms in total. The average molecular weight is 345 g/mol. The van der Waals surface area contributed by atoms with Crippen molar-refractivity contribution >= 4 is 11.6 Å². The molecule has 0 saturated carbocycles. The van der Waals surface area contributed by atoms with Crippen LogP contribution in [-0.4, -0.2) is 12.5 Å². The molecule has 0 saturated heterocycles. The molecule has 3 heteroatoms. The zero-order valence-corrected chi connectivity index (χ0v) is 14.9. The van der Waals surface area contributed by atoms with Crippen LogP contribution in [0.4, 0.5) is 5.69 Å². The lowest BCUT2D eigenvalue weighted by molar-refractivity contribution is 0.102. The zero-order chi connectivity index (χ0) is 18.2. The number of carbonyl (C=O) groups excluding carboxylic acids is 1. The number of aryl methyl sites for hydroxylation is 2. The minimum Gasteiger partial charge on any atom is -0.494 e. The van der Waals surface area contributed by atoms with Crippen LogP contribution in [0, 0.1) is 6.92 Å². The largest absolute Gasteiger partial charge is 0.494 e. The van der Waals surface area contributed by atoms with Gasteiger partial charge >= 0.3 is 0 Å². The first-order valence-electron chi connectivity index (χ1n) is 8.85. The van der Waals surface area contributed by atoms with E-state index in [-0.39, 0.29) is 5.91 Å². The molecular weight excluding hydrogens is 322 g/mol. The molecule has 0 atom stereocenters. The molecule has 0 bridgehead atoms. The predicted octanol–water partition coefficient (Wildman–Crippen LogP) is 5.26. The summed E-state index contributed by atoms with van der Waals surface area (Å²) in [7, 11) is 0. The number of ether oxygens (including phenoxy) is 1. The van der Waals surface area contributed by atoms with E-state index >= 15 is 0 Å². The van der Waals surface area contributed by atoms with Crippen LogP contribution in [-0.2, 0) is 6.42 Å². The maximum absolute atomic E-state index is 12.3. The summed E-state index contributed by atoms with van der Waals surface area (Å²) < 4.78 is 5.82. The maximum Gasteiger partial charge on any atom is 0.255 e. The van der Waals surface area contributed by atoms with E-state index in [0.717, 1.165) is 29.8 Å². The van der Waals surface area contributed by atoms with E-state index in [9.17, 15) is 4.79 Å². The number of benzene rings is 3. The normalized spacial score (nSPS) is 10.3. The zero-order valence-electron chi connectivity index (χ0n) is 14.9. The van der Waals surface area contributed by atoms with Gasteiger partial charge in [-0.05, 0) is 49.6 Å². The van der Waals surface area contributed by atoms with E-state index in [2.05, 4.69) is 29.6 Å². The van der Waals surface area contributed by atoms with Gasteiger partial charge in [-0.3, -0.25) is 4.79 Å². The minimum atomic E-state index is -0.119. The lowest BCUT2D eigenvalue weighted by Gasteiger charge is -2.09. The van der Waals surface area contributed by atoms with Crippen LogP contribution in [0.2, 0.25) is 0 Å². The SMILES string of the molecule is Cc1ccc(C(=O)Nc2cccc(OCCCc3ccccc3)c2)cc1. The molecule has 0 aliphatic heterocycles. The molecule has 0 heterocycles. The van der Waals surface area contributed by atoms with Crippen molar-refractivity contribution in [3.8, 4) is 5.75 Å². The van der Waals surface area contributed by atoms with Crippen LogP contribution in [0.5, 0.6) is 5.75 Å². The Morgan fingerprint density at radius 2 is 1.69 bits per heavy atom. The van der Waals surface area contributed by atoms with Gasteiger partial charge in [-0.2, -0.15) is 0 Å². The lowest BCUT2D eigenvalue weighted by Crippen LogP contribution is -2.11. The van der Waals surface area contributed by atoms with Crippen molar-refractivity contribution in [2.24, 2.45) is 0 Å². The number of carbonyl (C=O) groups is 1. The third-order valence-electron chi connectivity index (χ3n) is 4.13. The second kappa shape index (κ2) is 8.86. The Hall–Kier alpha value is -3.07. The van der Waals surface area contributed by atoms with Crippen molar-refractivity contribution in [2.45, 2.75) is 19.8 Å². The third kappa shape index (κ3) is 5.21. The van der Waals surface area contributed by atoms with E-state index in [1.165, 1.54) is 5.56 Å². The van der Waals surface area contributed by atoms with Crippen LogP contribution in [0.15, 0.2) is 78.9 Å². The topological polar surface area (TPSA) is 38.3 Å². The van der Waals surface area contributed by atoms with Gasteiger partial charge in [-0.15, -0.1) is 0 Å². The number of rotatable bonds is 7. The minimum absolute atomic E-state index is 0.119. The molecule has 0 unspecified atom stereocenters. The fourth-order valence-corrected chi connectivity index (χ4v) is 2.68. The second-order valence-corrected chi connectivity index (χ2v) is 6.29. The molecule has 0 aliphatic carbocycles. The van der Waals surface area contributed by atoms with E-state index < -0.39 is 0 Å². The molecule has 1 amide bonds. The Labute approximate surface area is 154 Å². The first kappa shape index (κ1) is 17.7. The van der Waals surface area contributed by atoms with Crippen molar-refractivity contribution in [3.05, 3.63) is 95.6 Å². The van der Waals surface area contributed by atoms with Gasteiger partial charge in [0, 0.05) is 17.3 Å². The number of nitrogens with one attached hydrogen (secondary N) is 1. The van der Waals surface area contributed by atoms with E-state index in [0.29, 0.717) is 12.2 Å². The first-order chi connectivity index (χ1) is 12.7. The van der Waals surface area contributed by atoms with Crippen molar-refractivity contribution < 1.29 is 9.53 Å². The molecule has 3 aromatic carbocycles. The van der Waals surface area contributed by atoms with E-state index in [1.54, 1.807) is 0 Å². The van der Waals surface area contributed by atoms with Crippen LogP contribution in [0.3, 0.4) is 0 Å². The summed E-state index contributed by atoms with van der Waals surface area (Å²) in [5, 5.41) is 2.92. The smallest absolute Gasteiger partial charge is 0.255 e. The molecule has 1 N–H and O–H groups in total. The summed E-state index contributed by atoms with van der Waals surface area (Å²) >= 11 is 0. The van der Waals surface area contributed by atoms with E-state index in [4.69, 9.17) is 4.74 Å². The molecule has 0 radical (unpaired) electrons.